The lowest BCUT2D eigenvalue weighted by Gasteiger charge is -2.09. The van der Waals surface area contributed by atoms with Gasteiger partial charge >= 0.3 is 0 Å². The second kappa shape index (κ2) is 5.43. The first-order valence-corrected chi connectivity index (χ1v) is 6.87. The zero-order chi connectivity index (χ0) is 13.9. The largest absolute Gasteiger partial charge is 0.316 e. The van der Waals surface area contributed by atoms with Gasteiger partial charge in [-0.15, -0.1) is 0 Å². The Labute approximate surface area is 119 Å². The van der Waals surface area contributed by atoms with Gasteiger partial charge in [-0.1, -0.05) is 36.4 Å². The van der Waals surface area contributed by atoms with Gasteiger partial charge in [0.05, 0.1) is 5.52 Å². The second-order valence-corrected chi connectivity index (χ2v) is 5.09. The SMILES string of the molecule is CNCc1ccc(-c2ccc3cccnc3c2)c(C)c1. The van der Waals surface area contributed by atoms with E-state index in [0.29, 0.717) is 0 Å². The maximum atomic E-state index is 4.43. The van der Waals surface area contributed by atoms with Gasteiger partial charge in [-0.25, -0.2) is 0 Å². The molecule has 0 aliphatic carbocycles. The molecule has 1 aromatic heterocycles. The van der Waals surface area contributed by atoms with E-state index in [1.165, 1.54) is 27.6 Å². The number of benzene rings is 2. The van der Waals surface area contributed by atoms with Crippen LogP contribution in [0.1, 0.15) is 11.1 Å². The molecule has 0 spiro atoms. The number of pyridine rings is 1. The highest BCUT2D eigenvalue weighted by Gasteiger charge is 2.04. The van der Waals surface area contributed by atoms with E-state index >= 15 is 0 Å². The Bertz CT molecular complexity index is 747. The molecule has 20 heavy (non-hydrogen) atoms. The lowest BCUT2D eigenvalue weighted by atomic mass is 9.97. The van der Waals surface area contributed by atoms with E-state index in [-0.39, 0.29) is 0 Å². The lowest BCUT2D eigenvalue weighted by Crippen LogP contribution is -2.05. The van der Waals surface area contributed by atoms with Crippen LogP contribution in [0.5, 0.6) is 0 Å². The molecule has 0 radical (unpaired) electrons. The van der Waals surface area contributed by atoms with E-state index in [1.807, 2.05) is 19.3 Å². The third kappa shape index (κ3) is 2.43. The number of fused-ring (bicyclic) bond motifs is 1. The van der Waals surface area contributed by atoms with Crippen LogP contribution in [0, 0.1) is 6.92 Å². The summed E-state index contributed by atoms with van der Waals surface area (Å²) >= 11 is 0. The van der Waals surface area contributed by atoms with Crippen LogP contribution in [-0.4, -0.2) is 12.0 Å². The van der Waals surface area contributed by atoms with Crippen molar-refractivity contribution in [2.24, 2.45) is 0 Å². The third-order valence-corrected chi connectivity index (χ3v) is 3.59. The van der Waals surface area contributed by atoms with Crippen molar-refractivity contribution in [1.29, 1.82) is 0 Å². The van der Waals surface area contributed by atoms with Crippen molar-refractivity contribution in [3.8, 4) is 11.1 Å². The Hall–Kier alpha value is -2.19. The van der Waals surface area contributed by atoms with Gasteiger partial charge in [0.25, 0.3) is 0 Å². The molecule has 0 aliphatic heterocycles. The molecule has 100 valence electrons. The van der Waals surface area contributed by atoms with E-state index in [4.69, 9.17) is 0 Å². The highest BCUT2D eigenvalue weighted by Crippen LogP contribution is 2.26. The van der Waals surface area contributed by atoms with Gasteiger partial charge in [0.15, 0.2) is 0 Å². The summed E-state index contributed by atoms with van der Waals surface area (Å²) < 4.78 is 0. The molecule has 2 heteroatoms. The summed E-state index contributed by atoms with van der Waals surface area (Å²) in [6.07, 6.45) is 1.84. The molecule has 1 N–H and O–H groups in total. The number of hydrogen-bond donors (Lipinski definition) is 1. The van der Waals surface area contributed by atoms with Crippen molar-refractivity contribution >= 4 is 10.9 Å². The first kappa shape index (κ1) is 12.8. The molecule has 0 saturated heterocycles. The number of nitrogens with one attached hydrogen (secondary N) is 1. The van der Waals surface area contributed by atoms with E-state index in [2.05, 4.69) is 59.7 Å². The average molecular weight is 262 g/mol. The number of aromatic nitrogens is 1. The van der Waals surface area contributed by atoms with Crippen LogP contribution < -0.4 is 5.32 Å². The second-order valence-electron chi connectivity index (χ2n) is 5.09. The lowest BCUT2D eigenvalue weighted by molar-refractivity contribution is 0.817. The highest BCUT2D eigenvalue weighted by molar-refractivity contribution is 5.84. The van der Waals surface area contributed by atoms with Crippen molar-refractivity contribution in [3.05, 3.63) is 65.9 Å². The van der Waals surface area contributed by atoms with Crippen molar-refractivity contribution in [1.82, 2.24) is 10.3 Å². The number of nitrogens with zero attached hydrogens (tertiary/aromatic N) is 1. The molecule has 0 bridgehead atoms. The number of hydrogen-bond acceptors (Lipinski definition) is 2. The summed E-state index contributed by atoms with van der Waals surface area (Å²) in [6.45, 7) is 3.07. The van der Waals surface area contributed by atoms with E-state index in [9.17, 15) is 0 Å². The molecule has 0 atom stereocenters. The molecule has 3 rings (SSSR count). The van der Waals surface area contributed by atoms with E-state index in [1.54, 1.807) is 0 Å². The summed E-state index contributed by atoms with van der Waals surface area (Å²) in [5, 5.41) is 4.37. The topological polar surface area (TPSA) is 24.9 Å². The van der Waals surface area contributed by atoms with Gasteiger partial charge in [-0.3, -0.25) is 4.98 Å². The highest BCUT2D eigenvalue weighted by atomic mass is 14.8. The smallest absolute Gasteiger partial charge is 0.0708 e. The van der Waals surface area contributed by atoms with Crippen LogP contribution in [0.2, 0.25) is 0 Å². The van der Waals surface area contributed by atoms with Crippen molar-refractivity contribution in [2.45, 2.75) is 13.5 Å². The predicted molar refractivity (Wildman–Crippen MR) is 84.7 cm³/mol. The minimum atomic E-state index is 0.903. The van der Waals surface area contributed by atoms with Crippen LogP contribution >= 0.6 is 0 Å². The van der Waals surface area contributed by atoms with Crippen LogP contribution in [-0.2, 0) is 6.54 Å². The van der Waals surface area contributed by atoms with Crippen molar-refractivity contribution < 1.29 is 0 Å². The maximum Gasteiger partial charge on any atom is 0.0708 e. The van der Waals surface area contributed by atoms with E-state index in [0.717, 1.165) is 12.1 Å². The van der Waals surface area contributed by atoms with Crippen LogP contribution in [0.4, 0.5) is 0 Å². The Kier molecular flexibility index (Phi) is 3.48. The fraction of sp³-hybridized carbons (Fsp3) is 0.167. The third-order valence-electron chi connectivity index (χ3n) is 3.59. The first-order valence-electron chi connectivity index (χ1n) is 6.87. The molecule has 2 aromatic carbocycles. The van der Waals surface area contributed by atoms with Gasteiger partial charge < -0.3 is 5.32 Å². The molecule has 2 nitrogen and oxygen atoms in total. The molecular weight excluding hydrogens is 244 g/mol. The van der Waals surface area contributed by atoms with Crippen LogP contribution in [0.25, 0.3) is 22.0 Å². The fourth-order valence-electron chi connectivity index (χ4n) is 2.60. The summed E-state index contributed by atoms with van der Waals surface area (Å²) in [5.41, 5.74) is 6.16. The van der Waals surface area contributed by atoms with Gasteiger partial charge in [-0.05, 0) is 48.4 Å². The molecule has 3 aromatic rings. The molecule has 1 heterocycles. The number of rotatable bonds is 3. The Morgan fingerprint density at radius 2 is 1.95 bits per heavy atom. The van der Waals surface area contributed by atoms with Gasteiger partial charge in [-0.2, -0.15) is 0 Å². The molecule has 0 amide bonds. The summed E-state index contributed by atoms with van der Waals surface area (Å²) in [5.74, 6) is 0. The Morgan fingerprint density at radius 3 is 2.75 bits per heavy atom. The Morgan fingerprint density at radius 1 is 1.05 bits per heavy atom. The van der Waals surface area contributed by atoms with Crippen molar-refractivity contribution in [2.75, 3.05) is 7.05 Å². The predicted octanol–water partition coefficient (Wildman–Crippen LogP) is 3.93. The van der Waals surface area contributed by atoms with Crippen LogP contribution in [0.3, 0.4) is 0 Å². The standard InChI is InChI=1S/C18H18N2/c1-13-10-14(12-19-2)5-8-17(13)16-7-6-15-4-3-9-20-18(15)11-16/h3-11,19H,12H2,1-2H3. The van der Waals surface area contributed by atoms with Crippen molar-refractivity contribution in [3.63, 3.8) is 0 Å². The zero-order valence-electron chi connectivity index (χ0n) is 11.9. The summed E-state index contributed by atoms with van der Waals surface area (Å²) in [7, 11) is 1.97. The monoisotopic (exact) mass is 262 g/mol. The number of aryl methyl sites for hydroxylation is 1. The molecule has 0 aliphatic rings. The minimum Gasteiger partial charge on any atom is -0.316 e. The van der Waals surface area contributed by atoms with Gasteiger partial charge in [0.2, 0.25) is 0 Å². The quantitative estimate of drug-likeness (QED) is 0.773. The normalized spacial score (nSPS) is 10.9. The minimum absolute atomic E-state index is 0.903. The van der Waals surface area contributed by atoms with E-state index < -0.39 is 0 Å². The molecule has 0 unspecified atom stereocenters. The maximum absolute atomic E-state index is 4.43. The van der Waals surface area contributed by atoms with Gasteiger partial charge in [0, 0.05) is 18.1 Å². The first-order chi connectivity index (χ1) is 9.78. The molecule has 0 saturated carbocycles. The average Bonchev–Trinajstić information content (AvgIpc) is 2.47. The summed E-state index contributed by atoms with van der Waals surface area (Å²) in [6, 6.07) is 17.2. The summed E-state index contributed by atoms with van der Waals surface area (Å²) in [4.78, 5) is 4.43. The fourth-order valence-corrected chi connectivity index (χ4v) is 2.60. The molecule has 0 fully saturated rings. The zero-order valence-corrected chi connectivity index (χ0v) is 11.9. The van der Waals surface area contributed by atoms with Gasteiger partial charge in [0.1, 0.15) is 0 Å². The van der Waals surface area contributed by atoms with Crippen LogP contribution in [0.15, 0.2) is 54.7 Å². The Balaban J connectivity index is 2.06. The molecular formula is C18H18N2.